The van der Waals surface area contributed by atoms with Gasteiger partial charge in [-0.15, -0.1) is 0 Å². The van der Waals surface area contributed by atoms with E-state index in [9.17, 15) is 14.4 Å². The molecule has 0 atom stereocenters. The molecule has 0 aliphatic carbocycles. The van der Waals surface area contributed by atoms with Crippen molar-refractivity contribution in [2.45, 2.75) is 94.4 Å². The number of carbonyl (C=O) groups excluding carboxylic acids is 3. The molecule has 0 aromatic heterocycles. The van der Waals surface area contributed by atoms with Crippen LogP contribution in [-0.2, 0) is 25.5 Å². The van der Waals surface area contributed by atoms with Gasteiger partial charge in [0, 0.05) is 31.6 Å². The van der Waals surface area contributed by atoms with Crippen molar-refractivity contribution in [2.24, 2.45) is 17.6 Å². The number of nitrogens with one attached hydrogen (secondary N) is 2. The highest BCUT2D eigenvalue weighted by molar-refractivity contribution is 6.02. The molecule has 0 saturated heterocycles. The number of urea groups is 1. The van der Waals surface area contributed by atoms with E-state index in [-0.39, 0.29) is 18.9 Å². The SMILES string of the molecule is CC.CC.Cc1ccc(NC(=O)Nc2cc(CCC(=O)OCOC(=O)CCCCN)ccc2N(CC(C)C)CC(C)C)cc1. The standard InChI is InChI=1S/C31H46N4O5.2C2H6/c1-22(2)19-35(20-23(3)4)28-15-11-25(12-16-30(37)40-21-39-29(36)8-6-7-17-32)18-27(28)34-31(38)33-26-13-9-24(5)10-14-26;2*1-2/h9-11,13-15,18,22-23H,6-8,12,16-17,19-21,32H2,1-5H3,(H2,33,34,38);2*1-2H3. The summed E-state index contributed by atoms with van der Waals surface area (Å²) in [5, 5.41) is 5.92. The molecule has 0 radical (unpaired) electrons. The molecule has 0 saturated carbocycles. The molecule has 0 spiro atoms. The van der Waals surface area contributed by atoms with Crippen LogP contribution in [0.3, 0.4) is 0 Å². The minimum absolute atomic E-state index is 0.112. The van der Waals surface area contributed by atoms with Crippen LogP contribution < -0.4 is 21.3 Å². The van der Waals surface area contributed by atoms with Crippen LogP contribution in [0.4, 0.5) is 21.9 Å². The lowest BCUT2D eigenvalue weighted by molar-refractivity contribution is -0.167. The van der Waals surface area contributed by atoms with Gasteiger partial charge in [0.1, 0.15) is 0 Å². The first-order valence-electron chi connectivity index (χ1n) is 16.1. The molecule has 4 N–H and O–H groups in total. The number of aryl methyl sites for hydroxylation is 2. The Kier molecular flexibility index (Phi) is 21.9. The van der Waals surface area contributed by atoms with Crippen molar-refractivity contribution in [2.75, 3.05) is 42.0 Å². The fourth-order valence-electron chi connectivity index (χ4n) is 4.15. The number of unbranched alkanes of at least 4 members (excludes halogenated alkanes) is 1. The third-order valence-electron chi connectivity index (χ3n) is 6.02. The van der Waals surface area contributed by atoms with Crippen LogP contribution in [-0.4, -0.2) is 44.4 Å². The van der Waals surface area contributed by atoms with Crippen LogP contribution in [0, 0.1) is 18.8 Å². The third-order valence-corrected chi connectivity index (χ3v) is 6.02. The molecule has 9 heteroatoms. The summed E-state index contributed by atoms with van der Waals surface area (Å²) < 4.78 is 10.0. The summed E-state index contributed by atoms with van der Waals surface area (Å²) in [5.74, 6) is -0.0232. The van der Waals surface area contributed by atoms with E-state index in [2.05, 4.69) is 43.2 Å². The van der Waals surface area contributed by atoms with E-state index in [1.807, 2.05) is 77.1 Å². The summed E-state index contributed by atoms with van der Waals surface area (Å²) in [6.07, 6.45) is 2.15. The predicted molar refractivity (Wildman–Crippen MR) is 183 cm³/mol. The van der Waals surface area contributed by atoms with Crippen molar-refractivity contribution in [1.29, 1.82) is 0 Å². The smallest absolute Gasteiger partial charge is 0.323 e. The number of rotatable bonds is 16. The topological polar surface area (TPSA) is 123 Å². The van der Waals surface area contributed by atoms with Crippen molar-refractivity contribution in [3.8, 4) is 0 Å². The molecule has 248 valence electrons. The number of amides is 2. The monoisotopic (exact) mass is 614 g/mol. The van der Waals surface area contributed by atoms with Gasteiger partial charge < -0.3 is 30.7 Å². The summed E-state index contributed by atoms with van der Waals surface area (Å²) >= 11 is 0. The normalized spacial score (nSPS) is 10.2. The molecule has 44 heavy (non-hydrogen) atoms. The number of hydrogen-bond acceptors (Lipinski definition) is 7. The number of hydrogen-bond donors (Lipinski definition) is 3. The Morgan fingerprint density at radius 3 is 1.91 bits per heavy atom. The second kappa shape index (κ2) is 23.8. The first-order valence-corrected chi connectivity index (χ1v) is 16.1. The van der Waals surface area contributed by atoms with Crippen molar-refractivity contribution in [3.05, 3.63) is 53.6 Å². The first-order chi connectivity index (χ1) is 21.1. The number of ether oxygens (including phenoxy) is 2. The number of benzene rings is 2. The molecule has 0 heterocycles. The van der Waals surface area contributed by atoms with Gasteiger partial charge in [-0.3, -0.25) is 9.59 Å². The lowest BCUT2D eigenvalue weighted by Gasteiger charge is -2.30. The average molecular weight is 615 g/mol. The minimum atomic E-state index is -0.466. The molecular weight excluding hydrogens is 556 g/mol. The zero-order chi connectivity index (χ0) is 33.5. The number of nitrogens with zero attached hydrogens (tertiary/aromatic N) is 1. The first kappa shape index (κ1) is 40.4. The van der Waals surface area contributed by atoms with Crippen molar-refractivity contribution < 1.29 is 23.9 Å². The number of carbonyl (C=O) groups is 3. The molecule has 0 bridgehead atoms. The van der Waals surface area contributed by atoms with E-state index in [1.165, 1.54) is 0 Å². The minimum Gasteiger partial charge on any atom is -0.428 e. The highest BCUT2D eigenvalue weighted by Crippen LogP contribution is 2.30. The number of anilines is 3. The van der Waals surface area contributed by atoms with Crippen LogP contribution in [0.1, 0.15) is 92.2 Å². The van der Waals surface area contributed by atoms with Gasteiger partial charge in [0.15, 0.2) is 0 Å². The Morgan fingerprint density at radius 2 is 1.36 bits per heavy atom. The quantitative estimate of drug-likeness (QED) is 0.0997. The van der Waals surface area contributed by atoms with Gasteiger partial charge >= 0.3 is 18.0 Å². The van der Waals surface area contributed by atoms with Crippen LogP contribution in [0.2, 0.25) is 0 Å². The van der Waals surface area contributed by atoms with Gasteiger partial charge in [0.25, 0.3) is 0 Å². The molecule has 2 amide bonds. The van der Waals surface area contributed by atoms with Crippen LogP contribution in [0.25, 0.3) is 0 Å². The zero-order valence-electron chi connectivity index (χ0n) is 28.6. The third kappa shape index (κ3) is 17.5. The van der Waals surface area contributed by atoms with E-state index in [0.717, 1.165) is 36.3 Å². The maximum absolute atomic E-state index is 13.0. The van der Waals surface area contributed by atoms with Gasteiger partial charge in [0.2, 0.25) is 6.79 Å². The van der Waals surface area contributed by atoms with Gasteiger partial charge in [-0.2, -0.15) is 0 Å². The number of nitrogens with two attached hydrogens (primary N) is 1. The van der Waals surface area contributed by atoms with Gasteiger partial charge in [-0.25, -0.2) is 4.79 Å². The predicted octanol–water partition coefficient (Wildman–Crippen LogP) is 7.92. The van der Waals surface area contributed by atoms with Gasteiger partial charge in [0.05, 0.1) is 11.4 Å². The van der Waals surface area contributed by atoms with Gasteiger partial charge in [-0.1, -0.05) is 79.2 Å². The van der Waals surface area contributed by atoms with E-state index in [1.54, 1.807) is 0 Å². The van der Waals surface area contributed by atoms with Crippen molar-refractivity contribution in [1.82, 2.24) is 0 Å². The van der Waals surface area contributed by atoms with E-state index >= 15 is 0 Å². The lowest BCUT2D eigenvalue weighted by Crippen LogP contribution is -2.32. The lowest BCUT2D eigenvalue weighted by atomic mass is 10.1. The Labute approximate surface area is 266 Å². The molecule has 0 fully saturated rings. The molecule has 2 aromatic rings. The van der Waals surface area contributed by atoms with Crippen LogP contribution in [0.15, 0.2) is 42.5 Å². The molecular formula is C35H58N4O5. The Hall–Kier alpha value is -3.59. The molecule has 0 unspecified atom stereocenters. The average Bonchev–Trinajstić information content (AvgIpc) is 2.99. The Balaban J connectivity index is 0.00000443. The largest absolute Gasteiger partial charge is 0.428 e. The summed E-state index contributed by atoms with van der Waals surface area (Å²) in [6.45, 7) is 20.5. The van der Waals surface area contributed by atoms with E-state index in [0.29, 0.717) is 42.6 Å². The molecule has 0 aliphatic heterocycles. The molecule has 2 rings (SSSR count). The summed E-state index contributed by atoms with van der Waals surface area (Å²) in [6, 6.07) is 13.1. The maximum atomic E-state index is 13.0. The van der Waals surface area contributed by atoms with Crippen LogP contribution >= 0.6 is 0 Å². The van der Waals surface area contributed by atoms with E-state index < -0.39 is 18.7 Å². The Bertz CT molecular complexity index is 1080. The second-order valence-electron chi connectivity index (χ2n) is 10.9. The zero-order valence-corrected chi connectivity index (χ0v) is 28.6. The van der Waals surface area contributed by atoms with Gasteiger partial charge in [-0.05, 0) is 74.4 Å². The highest BCUT2D eigenvalue weighted by Gasteiger charge is 2.17. The fraction of sp³-hybridized carbons (Fsp3) is 0.571. The van der Waals surface area contributed by atoms with Crippen molar-refractivity contribution >= 4 is 35.0 Å². The number of esters is 2. The Morgan fingerprint density at radius 1 is 0.795 bits per heavy atom. The van der Waals surface area contributed by atoms with Crippen LogP contribution in [0.5, 0.6) is 0 Å². The van der Waals surface area contributed by atoms with E-state index in [4.69, 9.17) is 15.2 Å². The fourth-order valence-corrected chi connectivity index (χ4v) is 4.15. The summed E-state index contributed by atoms with van der Waals surface area (Å²) in [7, 11) is 0. The molecule has 2 aromatic carbocycles. The molecule has 9 nitrogen and oxygen atoms in total. The summed E-state index contributed by atoms with van der Waals surface area (Å²) in [5.41, 5.74) is 9.70. The van der Waals surface area contributed by atoms with Crippen molar-refractivity contribution in [3.63, 3.8) is 0 Å². The second-order valence-corrected chi connectivity index (χ2v) is 10.9. The maximum Gasteiger partial charge on any atom is 0.323 e. The highest BCUT2D eigenvalue weighted by atomic mass is 16.7. The summed E-state index contributed by atoms with van der Waals surface area (Å²) in [4.78, 5) is 39.2. The molecule has 0 aliphatic rings.